The Hall–Kier alpha value is -3.34. The van der Waals surface area contributed by atoms with Crippen LogP contribution in [-0.2, 0) is 6.61 Å². The molecule has 0 bridgehead atoms. The molecule has 3 rings (SSSR count). The minimum Gasteiger partial charge on any atom is -0.496 e. The zero-order chi connectivity index (χ0) is 18.2. The Morgan fingerprint density at radius 3 is 2.69 bits per heavy atom. The summed E-state index contributed by atoms with van der Waals surface area (Å²) in [6.07, 6.45) is 3.48. The monoisotopic (exact) mass is 347 g/mol. The second-order valence-corrected chi connectivity index (χ2v) is 5.71. The van der Waals surface area contributed by atoms with Crippen LogP contribution in [0.2, 0.25) is 0 Å². The lowest BCUT2D eigenvalue weighted by Crippen LogP contribution is -2.01. The third-order valence-electron chi connectivity index (χ3n) is 3.86. The molecule has 1 heterocycles. The molecule has 1 aromatic heterocycles. The van der Waals surface area contributed by atoms with Crippen LogP contribution in [0.3, 0.4) is 0 Å². The molecule has 5 nitrogen and oxygen atoms in total. The molecule has 0 aliphatic rings. The number of ether oxygens (including phenoxy) is 2. The minimum atomic E-state index is 0.368. The van der Waals surface area contributed by atoms with Gasteiger partial charge in [-0.3, -0.25) is 5.43 Å². The normalized spacial score (nSPS) is 10.7. The molecule has 0 saturated heterocycles. The van der Waals surface area contributed by atoms with Crippen LogP contribution < -0.4 is 14.9 Å². The second-order valence-electron chi connectivity index (χ2n) is 5.71. The van der Waals surface area contributed by atoms with Gasteiger partial charge in [-0.2, -0.15) is 5.10 Å². The number of nitrogens with zero attached hydrogens (tertiary/aromatic N) is 2. The van der Waals surface area contributed by atoms with Crippen LogP contribution in [0.4, 0.5) is 5.69 Å². The van der Waals surface area contributed by atoms with E-state index in [4.69, 9.17) is 9.47 Å². The molecular weight excluding hydrogens is 326 g/mol. The molecule has 0 saturated carbocycles. The highest BCUT2D eigenvalue weighted by Gasteiger charge is 2.05. The average Bonchev–Trinajstić information content (AvgIpc) is 2.69. The Morgan fingerprint density at radius 2 is 1.92 bits per heavy atom. The minimum absolute atomic E-state index is 0.368. The number of hydrogen-bond donors (Lipinski definition) is 1. The predicted octanol–water partition coefficient (Wildman–Crippen LogP) is 4.42. The number of para-hydroxylation sites is 1. The Morgan fingerprint density at radius 1 is 1.08 bits per heavy atom. The van der Waals surface area contributed by atoms with E-state index in [0.29, 0.717) is 12.5 Å². The van der Waals surface area contributed by atoms with E-state index in [-0.39, 0.29) is 0 Å². The lowest BCUT2D eigenvalue weighted by atomic mass is 10.1. The Labute approximate surface area is 153 Å². The summed E-state index contributed by atoms with van der Waals surface area (Å²) >= 11 is 0. The topological polar surface area (TPSA) is 55.7 Å². The summed E-state index contributed by atoms with van der Waals surface area (Å²) in [5.41, 5.74) is 7.07. The third kappa shape index (κ3) is 4.60. The number of hydrogen-bond acceptors (Lipinski definition) is 5. The van der Waals surface area contributed by atoms with Gasteiger partial charge in [0.1, 0.15) is 12.4 Å². The predicted molar refractivity (Wildman–Crippen MR) is 104 cm³/mol. The van der Waals surface area contributed by atoms with Crippen LogP contribution >= 0.6 is 0 Å². The van der Waals surface area contributed by atoms with Crippen LogP contribution in [0.1, 0.15) is 16.7 Å². The van der Waals surface area contributed by atoms with E-state index in [1.165, 1.54) is 0 Å². The molecule has 0 radical (unpaired) electrons. The van der Waals surface area contributed by atoms with Crippen molar-refractivity contribution in [2.75, 3.05) is 12.5 Å². The van der Waals surface area contributed by atoms with Crippen molar-refractivity contribution >= 4 is 11.9 Å². The van der Waals surface area contributed by atoms with E-state index in [0.717, 1.165) is 28.1 Å². The van der Waals surface area contributed by atoms with E-state index in [1.54, 1.807) is 19.5 Å². The van der Waals surface area contributed by atoms with Crippen molar-refractivity contribution in [3.63, 3.8) is 0 Å². The standard InChI is InChI=1S/C21H21N3O2/c1-16-7-3-4-8-19(16)24-23-14-17-10-11-20(25-2)18(13-17)15-26-21-9-5-6-12-22-21/h3-14,24H,15H2,1-2H3/b23-14-. The number of pyridine rings is 1. The maximum atomic E-state index is 5.73. The Kier molecular flexibility index (Phi) is 5.83. The fourth-order valence-electron chi connectivity index (χ4n) is 2.45. The van der Waals surface area contributed by atoms with E-state index in [2.05, 4.69) is 15.5 Å². The quantitative estimate of drug-likeness (QED) is 0.508. The van der Waals surface area contributed by atoms with E-state index >= 15 is 0 Å². The van der Waals surface area contributed by atoms with Gasteiger partial charge in [-0.15, -0.1) is 0 Å². The highest BCUT2D eigenvalue weighted by molar-refractivity contribution is 5.81. The van der Waals surface area contributed by atoms with Gasteiger partial charge < -0.3 is 9.47 Å². The van der Waals surface area contributed by atoms with Gasteiger partial charge in [0.25, 0.3) is 0 Å². The van der Waals surface area contributed by atoms with Crippen molar-refractivity contribution < 1.29 is 9.47 Å². The maximum Gasteiger partial charge on any atom is 0.213 e. The van der Waals surface area contributed by atoms with E-state index < -0.39 is 0 Å². The summed E-state index contributed by atoms with van der Waals surface area (Å²) in [5, 5.41) is 4.32. The van der Waals surface area contributed by atoms with Crippen LogP contribution in [0, 0.1) is 6.92 Å². The molecule has 5 heteroatoms. The van der Waals surface area contributed by atoms with Crippen molar-refractivity contribution in [1.29, 1.82) is 0 Å². The van der Waals surface area contributed by atoms with Gasteiger partial charge in [0, 0.05) is 17.8 Å². The van der Waals surface area contributed by atoms with Crippen LogP contribution in [0.5, 0.6) is 11.6 Å². The molecule has 3 aromatic rings. The van der Waals surface area contributed by atoms with E-state index in [1.807, 2.05) is 67.6 Å². The fraction of sp³-hybridized carbons (Fsp3) is 0.143. The molecule has 0 unspecified atom stereocenters. The number of aryl methyl sites for hydroxylation is 1. The molecule has 26 heavy (non-hydrogen) atoms. The number of benzene rings is 2. The number of nitrogens with one attached hydrogen (secondary N) is 1. The summed E-state index contributed by atoms with van der Waals surface area (Å²) in [6.45, 7) is 2.41. The van der Waals surface area contributed by atoms with Gasteiger partial charge in [-0.25, -0.2) is 4.98 Å². The largest absolute Gasteiger partial charge is 0.496 e. The summed E-state index contributed by atoms with van der Waals surface area (Å²) in [5.74, 6) is 1.35. The van der Waals surface area contributed by atoms with Gasteiger partial charge in [0.15, 0.2) is 0 Å². The van der Waals surface area contributed by atoms with Crippen molar-refractivity contribution in [1.82, 2.24) is 4.98 Å². The van der Waals surface area contributed by atoms with Crippen LogP contribution in [-0.4, -0.2) is 18.3 Å². The zero-order valence-corrected chi connectivity index (χ0v) is 14.8. The summed E-state index contributed by atoms with van der Waals surface area (Å²) < 4.78 is 11.1. The van der Waals surface area contributed by atoms with Crippen LogP contribution in [0.15, 0.2) is 72.0 Å². The highest BCUT2D eigenvalue weighted by Crippen LogP contribution is 2.21. The van der Waals surface area contributed by atoms with Crippen molar-refractivity contribution in [2.45, 2.75) is 13.5 Å². The van der Waals surface area contributed by atoms with Gasteiger partial charge in [0.2, 0.25) is 5.88 Å². The second kappa shape index (κ2) is 8.67. The highest BCUT2D eigenvalue weighted by atomic mass is 16.5. The Balaban J connectivity index is 1.70. The molecule has 0 spiro atoms. The maximum absolute atomic E-state index is 5.73. The molecule has 0 amide bonds. The third-order valence-corrected chi connectivity index (χ3v) is 3.86. The summed E-state index contributed by atoms with van der Waals surface area (Å²) in [4.78, 5) is 4.16. The smallest absolute Gasteiger partial charge is 0.213 e. The molecule has 132 valence electrons. The van der Waals surface area contributed by atoms with Gasteiger partial charge in [0.05, 0.1) is 19.0 Å². The van der Waals surface area contributed by atoms with Crippen molar-refractivity contribution in [2.24, 2.45) is 5.10 Å². The van der Waals surface area contributed by atoms with Gasteiger partial charge >= 0.3 is 0 Å². The molecular formula is C21H21N3O2. The van der Waals surface area contributed by atoms with Gasteiger partial charge in [-0.05, 0) is 48.4 Å². The van der Waals surface area contributed by atoms with E-state index in [9.17, 15) is 0 Å². The zero-order valence-electron chi connectivity index (χ0n) is 14.8. The van der Waals surface area contributed by atoms with Crippen molar-refractivity contribution in [3.05, 3.63) is 83.6 Å². The lowest BCUT2D eigenvalue weighted by molar-refractivity contribution is 0.285. The summed E-state index contributed by atoms with van der Waals surface area (Å²) in [6, 6.07) is 19.4. The molecule has 0 fully saturated rings. The molecule has 0 aliphatic heterocycles. The molecule has 2 aromatic carbocycles. The first-order valence-electron chi connectivity index (χ1n) is 8.32. The molecule has 1 N–H and O–H groups in total. The number of methoxy groups -OCH3 is 1. The van der Waals surface area contributed by atoms with Crippen molar-refractivity contribution in [3.8, 4) is 11.6 Å². The SMILES string of the molecule is COc1ccc(/C=N\Nc2ccccc2C)cc1COc1ccccn1. The number of hydrazone groups is 1. The summed E-state index contributed by atoms with van der Waals surface area (Å²) in [7, 11) is 1.65. The first-order valence-corrected chi connectivity index (χ1v) is 8.32. The fourth-order valence-corrected chi connectivity index (χ4v) is 2.45. The average molecular weight is 347 g/mol. The number of rotatable bonds is 7. The number of aromatic nitrogens is 1. The first kappa shape index (κ1) is 17.5. The molecule has 0 atom stereocenters. The lowest BCUT2D eigenvalue weighted by Gasteiger charge is -2.10. The van der Waals surface area contributed by atoms with Crippen LogP contribution in [0.25, 0.3) is 0 Å². The number of anilines is 1. The Bertz CT molecular complexity index is 879. The molecule has 0 aliphatic carbocycles. The van der Waals surface area contributed by atoms with Gasteiger partial charge in [-0.1, -0.05) is 24.3 Å². The first-order chi connectivity index (χ1) is 12.8.